The number of fused-ring (bicyclic) bond motifs is 5. The van der Waals surface area contributed by atoms with Gasteiger partial charge in [0.05, 0.1) is 66.4 Å². The van der Waals surface area contributed by atoms with Crippen LogP contribution in [0.4, 0.5) is 21.8 Å². The highest BCUT2D eigenvalue weighted by Gasteiger charge is 2.33. The van der Waals surface area contributed by atoms with Crippen LogP contribution in [0.1, 0.15) is 262 Å². The van der Waals surface area contributed by atoms with E-state index < -0.39 is 0 Å². The summed E-state index contributed by atoms with van der Waals surface area (Å²) in [6, 6.07) is 11.8. The standard InChI is InChI=1S/C19H19FN2O2.C18H24N2O2.C16H24N4O2.C16H23N3O2.C15H22N4O2/c20-14-3-1-13(2-4-14)11-15-12-18(23)17-5-8-22(19(17)21-15)16-6-9-24-10-7-16;21-17-12-14(11-13-3-1-2-4-13)19-18-16(17)5-8-20(18)15-6-9-22-10-7-15;1-3-11(4-2)9-14-18-15-13(16(21)19-14)10-17-20(15)12-5-7-22-8-6-12;1-3-11(2)8-12-9-15(20)14-10-17-19(16(14)18-12)13-4-6-21-7-5-13;1-9(2)6-13-17-14-11(15(20)18-13)7-16-19(14)12-4-5-21-8-10(12)3/h1-5,8,16H,6-7,9-12H2;5,8,13,15H,1-4,6-7,9-12H2;10-12H,3-9H2,1-2H3,(H,18,19,21);10-11,13H,3-9H2,1-2H3;7,9-10,12H,4-6,8H2,1-3H3,(H,17,18,20). The summed E-state index contributed by atoms with van der Waals surface area (Å²) in [7, 11) is 0. The number of rotatable bonds is 18. The van der Waals surface area contributed by atoms with E-state index in [0.717, 1.165) is 238 Å². The first-order valence-corrected chi connectivity index (χ1v) is 40.8. The molecule has 0 spiro atoms. The first kappa shape index (κ1) is 79.5. The maximum absolute atomic E-state index is 13.0. The molecule has 8 aromatic rings. The predicted molar refractivity (Wildman–Crippen MR) is 423 cm³/mol. The Hall–Kier alpha value is -8.56. The maximum atomic E-state index is 13.0. The molecule has 26 heteroatoms. The molecule has 6 fully saturated rings. The van der Waals surface area contributed by atoms with Crippen LogP contribution in [0.5, 0.6) is 0 Å². The second-order valence-electron chi connectivity index (χ2n) is 31.9. The Kier molecular flexibility index (Phi) is 27.2. The number of hydrogen-bond donors (Lipinski definition) is 2. The van der Waals surface area contributed by atoms with Gasteiger partial charge in [-0.1, -0.05) is 106 Å². The summed E-state index contributed by atoms with van der Waals surface area (Å²) in [5, 5.41) is 14.4. The van der Waals surface area contributed by atoms with Gasteiger partial charge < -0.3 is 42.8 Å². The topological polar surface area (TPSA) is 289 Å². The molecule has 2 N–H and O–H groups in total. The first-order valence-electron chi connectivity index (χ1n) is 40.8. The lowest BCUT2D eigenvalue weighted by atomic mass is 9.94. The van der Waals surface area contributed by atoms with E-state index >= 15 is 0 Å². The molecule has 3 atom stereocenters. The van der Waals surface area contributed by atoms with Crippen molar-refractivity contribution in [3.8, 4) is 0 Å². The molecule has 9 aliphatic rings. The summed E-state index contributed by atoms with van der Waals surface area (Å²) in [4.78, 5) is 91.3. The number of hydrogen-bond acceptors (Lipinski definition) is 18. The molecule has 8 aliphatic heterocycles. The average molecular weight is 1510 g/mol. The zero-order valence-electron chi connectivity index (χ0n) is 65.4. The van der Waals surface area contributed by atoms with Crippen molar-refractivity contribution in [3.05, 3.63) is 128 Å². The predicted octanol–water partition coefficient (Wildman–Crippen LogP) is 15.7. The molecule has 15 heterocycles. The van der Waals surface area contributed by atoms with Gasteiger partial charge in [0.2, 0.25) is 0 Å². The third kappa shape index (κ3) is 19.5. The minimum atomic E-state index is -0.254. The van der Waals surface area contributed by atoms with E-state index in [9.17, 15) is 28.4 Å². The van der Waals surface area contributed by atoms with Crippen molar-refractivity contribution in [2.45, 2.75) is 233 Å². The Bertz CT molecular complexity index is 4650. The lowest BCUT2D eigenvalue weighted by Crippen LogP contribution is -2.29. The van der Waals surface area contributed by atoms with E-state index in [1.54, 1.807) is 30.7 Å². The van der Waals surface area contributed by atoms with Gasteiger partial charge in [0, 0.05) is 139 Å². The molecule has 5 saturated heterocycles. The molecule has 0 radical (unpaired) electrons. The highest BCUT2D eigenvalue weighted by Crippen LogP contribution is 2.39. The number of benzene rings is 1. The Balaban J connectivity index is 0.000000121. The van der Waals surface area contributed by atoms with E-state index in [1.165, 1.54) is 37.8 Å². The van der Waals surface area contributed by atoms with Crippen molar-refractivity contribution in [1.29, 1.82) is 0 Å². The number of Topliss-reactive ketones (excluding diaryl/α,β-unsaturated/α-hetero) is 3. The monoisotopic (exact) mass is 1510 g/mol. The normalized spacial score (nSPS) is 20.5. The molecular weight excluding hydrogens is 1400 g/mol. The van der Waals surface area contributed by atoms with Crippen LogP contribution in [-0.4, -0.2) is 159 Å². The highest BCUT2D eigenvalue weighted by atomic mass is 19.1. The van der Waals surface area contributed by atoms with Gasteiger partial charge in [0.1, 0.15) is 39.9 Å². The maximum Gasteiger partial charge on any atom is 0.262 e. The molecule has 3 unspecified atom stereocenters. The summed E-state index contributed by atoms with van der Waals surface area (Å²) in [5.41, 5.74) is 7.39. The lowest BCUT2D eigenvalue weighted by Gasteiger charge is -2.29. The van der Waals surface area contributed by atoms with Crippen molar-refractivity contribution < 1.29 is 42.5 Å². The molecule has 1 saturated carbocycles. The summed E-state index contributed by atoms with van der Waals surface area (Å²) >= 11 is 0. The van der Waals surface area contributed by atoms with Crippen LogP contribution in [0.25, 0.3) is 22.1 Å². The van der Waals surface area contributed by atoms with Gasteiger partial charge in [-0.25, -0.2) is 43.4 Å². The number of nitrogens with zero attached hydrogens (tertiary/aromatic N) is 13. The van der Waals surface area contributed by atoms with Crippen molar-refractivity contribution in [3.63, 3.8) is 0 Å². The number of aromatic amines is 2. The number of ketones is 3. The van der Waals surface area contributed by atoms with E-state index in [4.69, 9.17) is 43.6 Å². The van der Waals surface area contributed by atoms with Crippen LogP contribution in [0, 0.1) is 35.4 Å². The average Bonchev–Trinajstić information content (AvgIpc) is 1.64. The second-order valence-corrected chi connectivity index (χ2v) is 31.9. The highest BCUT2D eigenvalue weighted by molar-refractivity contribution is 6.17. The van der Waals surface area contributed by atoms with Crippen molar-refractivity contribution >= 4 is 74.0 Å². The number of halogens is 1. The Morgan fingerprint density at radius 2 is 0.964 bits per heavy atom. The summed E-state index contributed by atoms with van der Waals surface area (Å²) in [5.74, 6) is 6.95. The van der Waals surface area contributed by atoms with Gasteiger partial charge in [-0.2, -0.15) is 15.3 Å². The van der Waals surface area contributed by atoms with Gasteiger partial charge in [-0.05, 0) is 124 Å². The number of aromatic nitrogens is 12. The molecule has 7 aromatic heterocycles. The number of ether oxygens (including phenoxy) is 5. The summed E-state index contributed by atoms with van der Waals surface area (Å²) in [6.45, 7) is 22.7. The fourth-order valence-electron chi connectivity index (χ4n) is 16.7. The molecule has 0 bridgehead atoms. The van der Waals surface area contributed by atoms with Crippen molar-refractivity contribution in [2.24, 2.45) is 44.6 Å². The number of aliphatic imine (C=N–C) groups is 3. The second kappa shape index (κ2) is 37.6. The largest absolute Gasteiger partial charge is 0.381 e. The fourth-order valence-corrected chi connectivity index (χ4v) is 16.7. The van der Waals surface area contributed by atoms with Crippen LogP contribution in [0.2, 0.25) is 0 Å². The van der Waals surface area contributed by atoms with E-state index in [0.29, 0.717) is 95.0 Å². The minimum absolute atomic E-state index is 0.0794. The molecule has 1 aromatic carbocycles. The zero-order valence-corrected chi connectivity index (χ0v) is 65.4. The van der Waals surface area contributed by atoms with Gasteiger partial charge >= 0.3 is 0 Å². The molecule has 0 amide bonds. The van der Waals surface area contributed by atoms with Crippen LogP contribution < -0.4 is 11.1 Å². The number of H-pyrrole nitrogens is 2. The van der Waals surface area contributed by atoms with Gasteiger partial charge in [0.15, 0.2) is 34.5 Å². The van der Waals surface area contributed by atoms with E-state index in [-0.39, 0.29) is 46.4 Å². The quantitative estimate of drug-likeness (QED) is 0.0807. The number of nitrogens with one attached hydrogen (secondary N) is 2. The molecule has 17 rings (SSSR count). The Morgan fingerprint density at radius 3 is 1.51 bits per heavy atom. The number of carbonyl (C=O) groups excluding carboxylic acids is 3. The Morgan fingerprint density at radius 1 is 0.491 bits per heavy atom. The van der Waals surface area contributed by atoms with E-state index in [2.05, 4.69) is 94.0 Å². The lowest BCUT2D eigenvalue weighted by molar-refractivity contribution is 0.0262. The van der Waals surface area contributed by atoms with Crippen LogP contribution in [-0.2, 0) is 42.9 Å². The van der Waals surface area contributed by atoms with Crippen LogP contribution >= 0.6 is 0 Å². The Labute approximate surface area is 643 Å². The van der Waals surface area contributed by atoms with Gasteiger partial charge in [0.25, 0.3) is 11.1 Å². The van der Waals surface area contributed by atoms with Crippen molar-refractivity contribution in [1.82, 2.24) is 58.4 Å². The SMILES string of the molecule is CC(C)Cc1nc2c(cnn2C2CCOCC2C)c(=O)[nH]1.CCC(C)CC1=Nc2c(cnn2C2CCOCC2)C(=O)C1.CCC(CC)Cc1nc2c(cnn2C2CCOCC2)c(=O)[nH]1.O=C1CC(CC2CCCC2)=Nc2c1ccn2C1CCOCC1.O=C1CC(Cc2ccc(F)cc2)=Nc2c1ccn2C1CCOCC1. The minimum Gasteiger partial charge on any atom is -0.381 e. The molecule has 110 heavy (non-hydrogen) atoms. The fraction of sp³-hybridized carbons (Fsp3) is 0.607. The first-order chi connectivity index (χ1) is 53.5. The summed E-state index contributed by atoms with van der Waals surface area (Å²) < 4.78 is 50.4. The third-order valence-electron chi connectivity index (χ3n) is 23.3. The molecule has 1 aliphatic carbocycles. The van der Waals surface area contributed by atoms with Crippen LogP contribution in [0.3, 0.4) is 0 Å². The summed E-state index contributed by atoms with van der Waals surface area (Å²) in [6.07, 6.45) is 31.5. The smallest absolute Gasteiger partial charge is 0.262 e. The molecule has 590 valence electrons. The zero-order chi connectivity index (χ0) is 76.8. The third-order valence-corrected chi connectivity index (χ3v) is 23.3. The van der Waals surface area contributed by atoms with E-state index in [1.807, 2.05) is 32.4 Å². The number of carbonyl (C=O) groups is 3. The molecule has 25 nitrogen and oxygen atoms in total. The molecular formula is C84H112FN15O10. The van der Waals surface area contributed by atoms with Crippen molar-refractivity contribution in [2.75, 3.05) is 66.1 Å². The van der Waals surface area contributed by atoms with Gasteiger partial charge in [-0.15, -0.1) is 0 Å². The van der Waals surface area contributed by atoms with Crippen LogP contribution in [0.15, 0.2) is 91.9 Å². The van der Waals surface area contributed by atoms with Gasteiger partial charge in [-0.3, -0.25) is 24.0 Å².